The van der Waals surface area contributed by atoms with Gasteiger partial charge >= 0.3 is 0 Å². The second kappa shape index (κ2) is 3.81. The van der Waals surface area contributed by atoms with Crippen molar-refractivity contribution in [3.8, 4) is 0 Å². The van der Waals surface area contributed by atoms with Crippen molar-refractivity contribution in [2.45, 2.75) is 20.3 Å². The summed E-state index contributed by atoms with van der Waals surface area (Å²) in [5.41, 5.74) is 1.88. The first-order valence-corrected chi connectivity index (χ1v) is 6.63. The van der Waals surface area contributed by atoms with Crippen molar-refractivity contribution in [1.82, 2.24) is 4.98 Å². The molecule has 2 atom stereocenters. The van der Waals surface area contributed by atoms with E-state index in [0.717, 1.165) is 27.3 Å². The van der Waals surface area contributed by atoms with Crippen molar-refractivity contribution < 1.29 is 4.79 Å². The number of thiazole rings is 1. The van der Waals surface area contributed by atoms with E-state index in [-0.39, 0.29) is 11.8 Å². The van der Waals surface area contributed by atoms with Crippen LogP contribution in [0.5, 0.6) is 0 Å². The maximum Gasteiger partial charge on any atom is 0.227 e. The molecule has 3 nitrogen and oxygen atoms in total. The summed E-state index contributed by atoms with van der Waals surface area (Å²) in [6.45, 7) is 4.11. The Kier molecular flexibility index (Phi) is 2.40. The second-order valence-corrected chi connectivity index (χ2v) is 5.96. The van der Waals surface area contributed by atoms with E-state index < -0.39 is 0 Å². The number of carbonyl (C=O) groups excluding carboxylic acids is 1. The summed E-state index contributed by atoms with van der Waals surface area (Å²) in [5, 5.41) is 4.03. The van der Waals surface area contributed by atoms with Crippen LogP contribution in [0.3, 0.4) is 0 Å². The van der Waals surface area contributed by atoms with Crippen LogP contribution in [0, 0.1) is 18.8 Å². The third-order valence-electron chi connectivity index (χ3n) is 3.21. The normalized spacial score (nSPS) is 22.7. The van der Waals surface area contributed by atoms with Crippen molar-refractivity contribution in [3.05, 3.63) is 23.2 Å². The Hall–Kier alpha value is -1.42. The molecule has 1 aliphatic carbocycles. The molecule has 1 aliphatic rings. The van der Waals surface area contributed by atoms with Gasteiger partial charge in [-0.25, -0.2) is 4.98 Å². The fourth-order valence-electron chi connectivity index (χ4n) is 2.04. The monoisotopic (exact) mass is 246 g/mol. The predicted octanol–water partition coefficient (Wildman–Crippen LogP) is 3.20. The molecule has 1 saturated carbocycles. The van der Waals surface area contributed by atoms with Gasteiger partial charge in [-0.15, -0.1) is 11.3 Å². The van der Waals surface area contributed by atoms with Gasteiger partial charge < -0.3 is 5.32 Å². The van der Waals surface area contributed by atoms with Crippen LogP contribution in [-0.2, 0) is 4.79 Å². The molecule has 0 bridgehead atoms. The zero-order chi connectivity index (χ0) is 12.0. The summed E-state index contributed by atoms with van der Waals surface area (Å²) in [7, 11) is 0. The predicted molar refractivity (Wildman–Crippen MR) is 70.3 cm³/mol. The van der Waals surface area contributed by atoms with Gasteiger partial charge in [-0.3, -0.25) is 4.79 Å². The molecule has 2 aromatic rings. The number of nitrogens with zero attached hydrogens (tertiary/aromatic N) is 1. The number of anilines is 1. The molecule has 1 fully saturated rings. The maximum atomic E-state index is 11.8. The SMILES string of the molecule is Cc1nc2ccc(NC(=O)[C@H]3C[C@@H]3C)cc2s1. The number of aromatic nitrogens is 1. The number of hydrogen-bond acceptors (Lipinski definition) is 3. The summed E-state index contributed by atoms with van der Waals surface area (Å²) in [6.07, 6.45) is 1.02. The quantitative estimate of drug-likeness (QED) is 0.884. The highest BCUT2D eigenvalue weighted by atomic mass is 32.1. The Morgan fingerprint density at radius 3 is 3.00 bits per heavy atom. The van der Waals surface area contributed by atoms with E-state index in [9.17, 15) is 4.79 Å². The number of benzene rings is 1. The first-order valence-electron chi connectivity index (χ1n) is 5.81. The minimum absolute atomic E-state index is 0.151. The standard InChI is InChI=1S/C13H14N2OS/c1-7-5-10(7)13(16)15-9-3-4-11-12(6-9)17-8(2)14-11/h3-4,6-7,10H,5H2,1-2H3,(H,15,16)/t7-,10-/m0/s1. The number of fused-ring (bicyclic) bond motifs is 1. The summed E-state index contributed by atoms with van der Waals surface area (Å²) < 4.78 is 1.13. The van der Waals surface area contributed by atoms with E-state index in [0.29, 0.717) is 5.92 Å². The number of aryl methyl sites for hydroxylation is 1. The van der Waals surface area contributed by atoms with Crippen molar-refractivity contribution in [1.29, 1.82) is 0 Å². The van der Waals surface area contributed by atoms with Crippen LogP contribution < -0.4 is 5.32 Å². The van der Waals surface area contributed by atoms with Gasteiger partial charge in [0.2, 0.25) is 5.91 Å². The Balaban J connectivity index is 1.83. The lowest BCUT2D eigenvalue weighted by atomic mass is 10.2. The zero-order valence-electron chi connectivity index (χ0n) is 9.86. The molecule has 88 valence electrons. The number of rotatable bonds is 2. The molecule has 4 heteroatoms. The third-order valence-corrected chi connectivity index (χ3v) is 4.14. The van der Waals surface area contributed by atoms with Crippen LogP contribution in [0.2, 0.25) is 0 Å². The minimum atomic E-state index is 0.151. The van der Waals surface area contributed by atoms with Crippen molar-refractivity contribution in [2.24, 2.45) is 11.8 Å². The van der Waals surface area contributed by atoms with Crippen LogP contribution in [0.4, 0.5) is 5.69 Å². The van der Waals surface area contributed by atoms with E-state index in [1.54, 1.807) is 11.3 Å². The largest absolute Gasteiger partial charge is 0.326 e. The Bertz CT molecular complexity index is 590. The van der Waals surface area contributed by atoms with Crippen molar-refractivity contribution >= 4 is 33.1 Å². The lowest BCUT2D eigenvalue weighted by molar-refractivity contribution is -0.117. The minimum Gasteiger partial charge on any atom is -0.326 e. The number of hydrogen-bond donors (Lipinski definition) is 1. The van der Waals surface area contributed by atoms with Gasteiger partial charge in [0.05, 0.1) is 15.2 Å². The molecule has 1 heterocycles. The van der Waals surface area contributed by atoms with Gasteiger partial charge in [0.1, 0.15) is 0 Å². The lowest BCUT2D eigenvalue weighted by Gasteiger charge is -2.03. The molecule has 1 aromatic carbocycles. The van der Waals surface area contributed by atoms with Crippen LogP contribution in [0.1, 0.15) is 18.4 Å². The van der Waals surface area contributed by atoms with E-state index in [1.807, 2.05) is 25.1 Å². The molecule has 0 saturated heterocycles. The highest BCUT2D eigenvalue weighted by Crippen LogP contribution is 2.38. The van der Waals surface area contributed by atoms with Gasteiger partial charge in [-0.05, 0) is 37.5 Å². The second-order valence-electron chi connectivity index (χ2n) is 4.72. The van der Waals surface area contributed by atoms with Crippen LogP contribution >= 0.6 is 11.3 Å². The molecule has 0 spiro atoms. The molecule has 3 rings (SSSR count). The highest BCUT2D eigenvalue weighted by molar-refractivity contribution is 7.18. The summed E-state index contributed by atoms with van der Waals surface area (Å²) >= 11 is 1.66. The first kappa shape index (κ1) is 10.7. The van der Waals surface area contributed by atoms with Crippen LogP contribution in [0.25, 0.3) is 10.2 Å². The number of nitrogens with one attached hydrogen (secondary N) is 1. The van der Waals surface area contributed by atoms with Crippen molar-refractivity contribution in [2.75, 3.05) is 5.32 Å². The van der Waals surface area contributed by atoms with E-state index in [4.69, 9.17) is 0 Å². The average molecular weight is 246 g/mol. The molecule has 0 aliphatic heterocycles. The lowest BCUT2D eigenvalue weighted by Crippen LogP contribution is -2.14. The number of amides is 1. The van der Waals surface area contributed by atoms with E-state index in [1.165, 1.54) is 0 Å². The summed E-state index contributed by atoms with van der Waals surface area (Å²) in [6, 6.07) is 5.89. The average Bonchev–Trinajstić information content (AvgIpc) is 2.87. The molecule has 1 aromatic heterocycles. The van der Waals surface area contributed by atoms with E-state index >= 15 is 0 Å². The maximum absolute atomic E-state index is 11.8. The van der Waals surface area contributed by atoms with Gasteiger partial charge in [0, 0.05) is 11.6 Å². The first-order chi connectivity index (χ1) is 8.13. The molecule has 1 N–H and O–H groups in total. The summed E-state index contributed by atoms with van der Waals surface area (Å²) in [4.78, 5) is 16.2. The highest BCUT2D eigenvalue weighted by Gasteiger charge is 2.39. The molecule has 17 heavy (non-hydrogen) atoms. The molecule has 0 radical (unpaired) electrons. The van der Waals surface area contributed by atoms with Gasteiger partial charge in [-0.2, -0.15) is 0 Å². The van der Waals surface area contributed by atoms with E-state index in [2.05, 4.69) is 17.2 Å². The fraction of sp³-hybridized carbons (Fsp3) is 0.385. The van der Waals surface area contributed by atoms with Gasteiger partial charge in [0.15, 0.2) is 0 Å². The molecular formula is C13H14N2OS. The Morgan fingerprint density at radius 1 is 1.53 bits per heavy atom. The molecule has 0 unspecified atom stereocenters. The smallest absolute Gasteiger partial charge is 0.227 e. The van der Waals surface area contributed by atoms with Gasteiger partial charge in [-0.1, -0.05) is 6.92 Å². The van der Waals surface area contributed by atoms with Crippen LogP contribution in [-0.4, -0.2) is 10.9 Å². The van der Waals surface area contributed by atoms with Gasteiger partial charge in [0.25, 0.3) is 0 Å². The summed E-state index contributed by atoms with van der Waals surface area (Å²) in [5.74, 6) is 0.913. The zero-order valence-corrected chi connectivity index (χ0v) is 10.7. The van der Waals surface area contributed by atoms with Crippen LogP contribution in [0.15, 0.2) is 18.2 Å². The van der Waals surface area contributed by atoms with Crippen molar-refractivity contribution in [3.63, 3.8) is 0 Å². The number of carbonyl (C=O) groups is 1. The topological polar surface area (TPSA) is 42.0 Å². The molecular weight excluding hydrogens is 232 g/mol. The Labute approximate surface area is 104 Å². The molecule has 1 amide bonds. The third kappa shape index (κ3) is 2.05. The Morgan fingerprint density at radius 2 is 2.29 bits per heavy atom. The fourth-order valence-corrected chi connectivity index (χ4v) is 2.91.